The van der Waals surface area contributed by atoms with Gasteiger partial charge < -0.3 is 4.74 Å². The Balaban J connectivity index is 2.21. The SMILES string of the molecule is O=C1C(Cl)=C2Oc3ccc(Cl)cc3N=C2[C@@H](Cl)[C@@H]1Cl. The number of carbonyl (C=O) groups excluding carboxylic acids is 1. The summed E-state index contributed by atoms with van der Waals surface area (Å²) in [5.74, 6) is 0.166. The first-order valence-corrected chi connectivity index (χ1v) is 6.90. The molecular weight excluding hydrogens is 332 g/mol. The maximum atomic E-state index is 11.8. The van der Waals surface area contributed by atoms with Gasteiger partial charge in [-0.2, -0.15) is 0 Å². The molecule has 3 nitrogen and oxygen atoms in total. The van der Waals surface area contributed by atoms with E-state index in [1.54, 1.807) is 18.2 Å². The lowest BCUT2D eigenvalue weighted by Crippen LogP contribution is -2.40. The molecule has 0 spiro atoms. The Morgan fingerprint density at radius 3 is 2.63 bits per heavy atom. The van der Waals surface area contributed by atoms with Gasteiger partial charge in [-0.25, -0.2) is 4.99 Å². The van der Waals surface area contributed by atoms with Crippen LogP contribution in [0.2, 0.25) is 5.02 Å². The number of ether oxygens (including phenoxy) is 1. The van der Waals surface area contributed by atoms with Crippen LogP contribution in [0.25, 0.3) is 0 Å². The Kier molecular flexibility index (Phi) is 3.26. The van der Waals surface area contributed by atoms with Crippen LogP contribution in [0.5, 0.6) is 5.75 Å². The van der Waals surface area contributed by atoms with E-state index in [0.717, 1.165) is 0 Å². The van der Waals surface area contributed by atoms with Crippen LogP contribution >= 0.6 is 46.4 Å². The molecule has 19 heavy (non-hydrogen) atoms. The van der Waals surface area contributed by atoms with Crippen molar-refractivity contribution in [3.05, 3.63) is 34.0 Å². The van der Waals surface area contributed by atoms with Crippen LogP contribution in [-0.2, 0) is 4.79 Å². The second-order valence-corrected chi connectivity index (χ2v) is 5.78. The highest BCUT2D eigenvalue weighted by Gasteiger charge is 2.42. The predicted octanol–water partition coefficient (Wildman–Crippen LogP) is 4.05. The number of benzene rings is 1. The summed E-state index contributed by atoms with van der Waals surface area (Å²) in [5, 5.41) is -1.32. The fraction of sp³-hybridized carbons (Fsp3) is 0.167. The van der Waals surface area contributed by atoms with Gasteiger partial charge in [-0.05, 0) is 18.2 Å². The first-order valence-electron chi connectivity index (χ1n) is 5.27. The van der Waals surface area contributed by atoms with Gasteiger partial charge in [0.05, 0.1) is 0 Å². The van der Waals surface area contributed by atoms with E-state index in [0.29, 0.717) is 22.2 Å². The Morgan fingerprint density at radius 2 is 1.89 bits per heavy atom. The van der Waals surface area contributed by atoms with Crippen LogP contribution in [0, 0.1) is 0 Å². The summed E-state index contributed by atoms with van der Waals surface area (Å²) >= 11 is 23.9. The van der Waals surface area contributed by atoms with Crippen LogP contribution in [0.1, 0.15) is 0 Å². The predicted molar refractivity (Wildman–Crippen MR) is 76.3 cm³/mol. The minimum atomic E-state index is -0.957. The van der Waals surface area contributed by atoms with Crippen molar-refractivity contribution in [3.63, 3.8) is 0 Å². The normalized spacial score (nSPS) is 25.5. The van der Waals surface area contributed by atoms with Gasteiger partial charge in [0.25, 0.3) is 0 Å². The maximum absolute atomic E-state index is 11.8. The molecule has 2 aliphatic rings. The first kappa shape index (κ1) is 13.3. The van der Waals surface area contributed by atoms with Crippen molar-refractivity contribution in [2.75, 3.05) is 0 Å². The van der Waals surface area contributed by atoms with Gasteiger partial charge >= 0.3 is 0 Å². The second-order valence-electron chi connectivity index (χ2n) is 4.02. The van der Waals surface area contributed by atoms with Crippen molar-refractivity contribution in [1.82, 2.24) is 0 Å². The first-order chi connectivity index (χ1) is 8.99. The molecule has 0 unspecified atom stereocenters. The van der Waals surface area contributed by atoms with E-state index < -0.39 is 16.5 Å². The van der Waals surface area contributed by atoms with Crippen LogP contribution in [-0.4, -0.2) is 22.2 Å². The number of alkyl halides is 2. The van der Waals surface area contributed by atoms with Gasteiger partial charge in [0, 0.05) is 5.02 Å². The molecule has 1 aromatic carbocycles. The van der Waals surface area contributed by atoms with Crippen molar-refractivity contribution in [1.29, 1.82) is 0 Å². The summed E-state index contributed by atoms with van der Waals surface area (Å²) in [6.45, 7) is 0. The largest absolute Gasteiger partial charge is 0.451 e. The molecule has 0 saturated carbocycles. The van der Waals surface area contributed by atoms with Crippen molar-refractivity contribution in [2.24, 2.45) is 4.99 Å². The molecule has 1 aromatic rings. The molecule has 2 atom stereocenters. The fourth-order valence-corrected chi connectivity index (χ4v) is 2.82. The zero-order valence-corrected chi connectivity index (χ0v) is 12.2. The molecule has 0 N–H and O–H groups in total. The van der Waals surface area contributed by atoms with Gasteiger partial charge in [0.15, 0.2) is 17.3 Å². The number of rotatable bonds is 0. The summed E-state index contributed by atoms with van der Waals surface area (Å²) in [6.07, 6.45) is 0. The highest BCUT2D eigenvalue weighted by molar-refractivity contribution is 6.57. The van der Waals surface area contributed by atoms with Gasteiger partial charge in [-0.1, -0.05) is 23.2 Å². The number of halogens is 4. The molecule has 0 aromatic heterocycles. The summed E-state index contributed by atoms with van der Waals surface area (Å²) in [4.78, 5) is 16.1. The molecule has 0 amide bonds. The standard InChI is InChI=1S/C12H5Cl4NO2/c13-4-1-2-6-5(3-4)17-10-7(14)8(15)11(18)9(16)12(10)19-6/h1-3,7-8H/t7-,8-/m0/s1. The second kappa shape index (κ2) is 4.67. The van der Waals surface area contributed by atoms with Crippen LogP contribution in [0.4, 0.5) is 5.69 Å². The van der Waals surface area contributed by atoms with Crippen molar-refractivity contribution < 1.29 is 9.53 Å². The van der Waals surface area contributed by atoms with E-state index >= 15 is 0 Å². The third kappa shape index (κ3) is 2.05. The van der Waals surface area contributed by atoms with Gasteiger partial charge in [0.1, 0.15) is 27.2 Å². The lowest BCUT2D eigenvalue weighted by atomic mass is 10.00. The number of Topliss-reactive ketones (excluding diaryl/α,β-unsaturated/α-hetero) is 1. The molecule has 0 fully saturated rings. The maximum Gasteiger partial charge on any atom is 0.197 e. The number of carbonyl (C=O) groups is 1. The average Bonchev–Trinajstić information content (AvgIpc) is 2.41. The smallest absolute Gasteiger partial charge is 0.197 e. The minimum absolute atomic E-state index is 0.0868. The van der Waals surface area contributed by atoms with Crippen LogP contribution < -0.4 is 4.74 Å². The molecule has 7 heteroatoms. The minimum Gasteiger partial charge on any atom is -0.451 e. The Bertz CT molecular complexity index is 653. The van der Waals surface area contributed by atoms with Crippen molar-refractivity contribution in [2.45, 2.75) is 10.8 Å². The molecular formula is C12H5Cl4NO2. The molecule has 1 aliphatic heterocycles. The van der Waals surface area contributed by atoms with Gasteiger partial charge in [-0.3, -0.25) is 4.79 Å². The molecule has 1 aliphatic carbocycles. The third-order valence-corrected chi connectivity index (χ3v) is 4.42. The van der Waals surface area contributed by atoms with E-state index in [1.165, 1.54) is 0 Å². The Morgan fingerprint density at radius 1 is 1.16 bits per heavy atom. The van der Waals surface area contributed by atoms with Crippen LogP contribution in [0.15, 0.2) is 34.0 Å². The van der Waals surface area contributed by atoms with E-state index in [1.807, 2.05) is 0 Å². The van der Waals surface area contributed by atoms with E-state index in [-0.39, 0.29) is 10.8 Å². The summed E-state index contributed by atoms with van der Waals surface area (Å²) in [7, 11) is 0. The average molecular weight is 337 g/mol. The summed E-state index contributed by atoms with van der Waals surface area (Å²) in [5.41, 5.74) is 0.876. The molecule has 0 saturated heterocycles. The Hall–Kier alpha value is -0.740. The zero-order valence-electron chi connectivity index (χ0n) is 9.16. The van der Waals surface area contributed by atoms with E-state index in [4.69, 9.17) is 51.1 Å². The topological polar surface area (TPSA) is 38.7 Å². The van der Waals surface area contributed by atoms with E-state index in [2.05, 4.69) is 4.99 Å². The molecule has 98 valence electrons. The monoisotopic (exact) mass is 335 g/mol. The number of nitrogens with zero attached hydrogens (tertiary/aromatic N) is 1. The number of ketones is 1. The lowest BCUT2D eigenvalue weighted by Gasteiger charge is -2.28. The highest BCUT2D eigenvalue weighted by Crippen LogP contribution is 2.41. The number of hydrogen-bond acceptors (Lipinski definition) is 3. The van der Waals surface area contributed by atoms with E-state index in [9.17, 15) is 4.79 Å². The molecule has 0 radical (unpaired) electrons. The molecule has 1 heterocycles. The fourth-order valence-electron chi connectivity index (χ4n) is 1.86. The van der Waals surface area contributed by atoms with Crippen molar-refractivity contribution >= 4 is 63.6 Å². The number of allylic oxidation sites excluding steroid dienone is 2. The molecule has 3 rings (SSSR count). The van der Waals surface area contributed by atoms with Crippen LogP contribution in [0.3, 0.4) is 0 Å². The quantitative estimate of drug-likeness (QED) is 0.670. The highest BCUT2D eigenvalue weighted by atomic mass is 35.5. The summed E-state index contributed by atoms with van der Waals surface area (Å²) in [6, 6.07) is 4.94. The summed E-state index contributed by atoms with van der Waals surface area (Å²) < 4.78 is 5.59. The zero-order chi connectivity index (χ0) is 13.7. The number of fused-ring (bicyclic) bond motifs is 2. The number of hydrogen-bond donors (Lipinski definition) is 0. The Labute approximate surface area is 128 Å². The number of aliphatic imine (C=N–C) groups is 1. The van der Waals surface area contributed by atoms with Gasteiger partial charge in [-0.15, -0.1) is 23.2 Å². The lowest BCUT2D eigenvalue weighted by molar-refractivity contribution is -0.114. The third-order valence-electron chi connectivity index (χ3n) is 2.79. The molecule has 0 bridgehead atoms. The van der Waals surface area contributed by atoms with Gasteiger partial charge in [0.2, 0.25) is 0 Å². The van der Waals surface area contributed by atoms with Crippen molar-refractivity contribution in [3.8, 4) is 5.75 Å².